The molecule has 2 amide bonds. The van der Waals surface area contributed by atoms with Crippen molar-refractivity contribution in [1.29, 1.82) is 0 Å². The fraction of sp³-hybridized carbons (Fsp3) is 0.308. The van der Waals surface area contributed by atoms with E-state index in [0.29, 0.717) is 24.3 Å². The number of piperidine rings is 1. The molecule has 1 unspecified atom stereocenters. The molecule has 170 valence electrons. The van der Waals surface area contributed by atoms with E-state index in [-0.39, 0.29) is 17.7 Å². The van der Waals surface area contributed by atoms with Crippen LogP contribution in [0.5, 0.6) is 0 Å². The Labute approximate surface area is 194 Å². The second kappa shape index (κ2) is 10.3. The SMILES string of the molecule is CNC(=O)c1ccc(-c2ccc(CNC(=O)C3CCCN(c4ccccn4)C3)cc2)nc1C. The van der Waals surface area contributed by atoms with Crippen LogP contribution in [0.1, 0.15) is 34.5 Å². The maximum Gasteiger partial charge on any atom is 0.252 e. The number of aromatic nitrogens is 2. The molecule has 33 heavy (non-hydrogen) atoms. The van der Waals surface area contributed by atoms with Crippen molar-refractivity contribution in [2.24, 2.45) is 5.92 Å². The molecule has 3 aromatic rings. The molecule has 3 heterocycles. The third-order valence-corrected chi connectivity index (χ3v) is 6.04. The third-order valence-electron chi connectivity index (χ3n) is 6.04. The van der Waals surface area contributed by atoms with E-state index in [1.807, 2.05) is 55.5 Å². The highest BCUT2D eigenvalue weighted by molar-refractivity contribution is 5.95. The van der Waals surface area contributed by atoms with Gasteiger partial charge in [-0.25, -0.2) is 4.98 Å². The molecule has 0 radical (unpaired) electrons. The van der Waals surface area contributed by atoms with E-state index in [1.165, 1.54) is 0 Å². The standard InChI is InChI=1S/C26H29N5O2/c1-18-22(26(33)27-2)12-13-23(30-18)20-10-8-19(9-11-20)16-29-25(32)21-6-5-15-31(17-21)24-7-3-4-14-28-24/h3-4,7-14,21H,5-6,15-17H2,1-2H3,(H,27,33)(H,29,32). The van der Waals surface area contributed by atoms with Crippen LogP contribution in [-0.4, -0.2) is 41.9 Å². The lowest BCUT2D eigenvalue weighted by atomic mass is 9.97. The maximum atomic E-state index is 12.8. The molecule has 0 spiro atoms. The number of benzene rings is 1. The lowest BCUT2D eigenvalue weighted by Gasteiger charge is -2.32. The van der Waals surface area contributed by atoms with E-state index >= 15 is 0 Å². The summed E-state index contributed by atoms with van der Waals surface area (Å²) in [6, 6.07) is 17.5. The highest BCUT2D eigenvalue weighted by atomic mass is 16.2. The van der Waals surface area contributed by atoms with Crippen LogP contribution in [0.15, 0.2) is 60.8 Å². The van der Waals surface area contributed by atoms with E-state index in [0.717, 1.165) is 42.0 Å². The van der Waals surface area contributed by atoms with Crippen LogP contribution in [0.4, 0.5) is 5.82 Å². The first-order valence-electron chi connectivity index (χ1n) is 11.3. The first-order chi connectivity index (χ1) is 16.0. The van der Waals surface area contributed by atoms with Crippen LogP contribution in [0.2, 0.25) is 0 Å². The van der Waals surface area contributed by atoms with Crippen molar-refractivity contribution in [2.45, 2.75) is 26.3 Å². The number of carbonyl (C=O) groups is 2. The Morgan fingerprint density at radius 1 is 1.09 bits per heavy atom. The van der Waals surface area contributed by atoms with Gasteiger partial charge in [0.15, 0.2) is 0 Å². The molecule has 4 rings (SSSR count). The number of rotatable bonds is 6. The number of carbonyl (C=O) groups excluding carboxylic acids is 2. The summed E-state index contributed by atoms with van der Waals surface area (Å²) in [7, 11) is 1.61. The normalized spacial score (nSPS) is 15.7. The van der Waals surface area contributed by atoms with E-state index in [1.54, 1.807) is 19.3 Å². The minimum Gasteiger partial charge on any atom is -0.356 e. The molecule has 1 aliphatic rings. The van der Waals surface area contributed by atoms with Crippen molar-refractivity contribution < 1.29 is 9.59 Å². The minimum atomic E-state index is -0.140. The Kier molecular flexibility index (Phi) is 6.98. The first kappa shape index (κ1) is 22.5. The van der Waals surface area contributed by atoms with E-state index < -0.39 is 0 Å². The summed E-state index contributed by atoms with van der Waals surface area (Å²) in [5.41, 5.74) is 4.07. The number of nitrogens with one attached hydrogen (secondary N) is 2. The molecule has 2 N–H and O–H groups in total. The second-order valence-electron chi connectivity index (χ2n) is 8.30. The van der Waals surface area contributed by atoms with Gasteiger partial charge in [0.25, 0.3) is 5.91 Å². The summed E-state index contributed by atoms with van der Waals surface area (Å²) in [4.78, 5) is 35.8. The van der Waals surface area contributed by atoms with Crippen LogP contribution >= 0.6 is 0 Å². The monoisotopic (exact) mass is 443 g/mol. The minimum absolute atomic E-state index is 0.0361. The van der Waals surface area contributed by atoms with Crippen LogP contribution in [0, 0.1) is 12.8 Å². The van der Waals surface area contributed by atoms with Crippen molar-refractivity contribution in [2.75, 3.05) is 25.0 Å². The molecule has 0 saturated carbocycles. The maximum absolute atomic E-state index is 12.8. The number of aryl methyl sites for hydroxylation is 1. The Balaban J connectivity index is 1.34. The molecule has 1 fully saturated rings. The number of anilines is 1. The van der Waals surface area contributed by atoms with Crippen molar-refractivity contribution >= 4 is 17.6 Å². The average Bonchev–Trinajstić information content (AvgIpc) is 2.87. The van der Waals surface area contributed by atoms with Gasteiger partial charge in [0.2, 0.25) is 5.91 Å². The van der Waals surface area contributed by atoms with Crippen LogP contribution in [-0.2, 0) is 11.3 Å². The van der Waals surface area contributed by atoms with Gasteiger partial charge >= 0.3 is 0 Å². The van der Waals surface area contributed by atoms with E-state index in [2.05, 4.69) is 25.5 Å². The number of pyridine rings is 2. The molecular formula is C26H29N5O2. The fourth-order valence-electron chi connectivity index (χ4n) is 4.16. The molecular weight excluding hydrogens is 414 g/mol. The zero-order chi connectivity index (χ0) is 23.2. The summed E-state index contributed by atoms with van der Waals surface area (Å²) in [5, 5.41) is 5.72. The predicted molar refractivity (Wildman–Crippen MR) is 129 cm³/mol. The number of hydrogen-bond acceptors (Lipinski definition) is 5. The van der Waals surface area contributed by atoms with Crippen molar-refractivity contribution in [3.05, 3.63) is 77.6 Å². The number of amides is 2. The second-order valence-corrected chi connectivity index (χ2v) is 8.30. The molecule has 0 bridgehead atoms. The largest absolute Gasteiger partial charge is 0.356 e. The lowest BCUT2D eigenvalue weighted by Crippen LogP contribution is -2.43. The molecule has 1 aliphatic heterocycles. The van der Waals surface area contributed by atoms with Gasteiger partial charge in [0.1, 0.15) is 5.82 Å². The highest BCUT2D eigenvalue weighted by Gasteiger charge is 2.26. The molecule has 7 heteroatoms. The Hall–Kier alpha value is -3.74. The Morgan fingerprint density at radius 3 is 2.61 bits per heavy atom. The van der Waals surface area contributed by atoms with Crippen molar-refractivity contribution in [3.8, 4) is 11.3 Å². The highest BCUT2D eigenvalue weighted by Crippen LogP contribution is 2.22. The van der Waals surface area contributed by atoms with Crippen molar-refractivity contribution in [3.63, 3.8) is 0 Å². The average molecular weight is 444 g/mol. The zero-order valence-electron chi connectivity index (χ0n) is 19.0. The van der Waals surface area contributed by atoms with Gasteiger partial charge in [-0.15, -0.1) is 0 Å². The van der Waals surface area contributed by atoms with Crippen LogP contribution in [0.3, 0.4) is 0 Å². The van der Waals surface area contributed by atoms with Gasteiger partial charge in [0, 0.05) is 38.4 Å². The van der Waals surface area contributed by atoms with Gasteiger partial charge in [0.05, 0.1) is 22.9 Å². The summed E-state index contributed by atoms with van der Waals surface area (Å²) in [5.74, 6) is 0.837. The number of nitrogens with zero attached hydrogens (tertiary/aromatic N) is 3. The molecule has 7 nitrogen and oxygen atoms in total. The van der Waals surface area contributed by atoms with E-state index in [9.17, 15) is 9.59 Å². The quantitative estimate of drug-likeness (QED) is 0.610. The molecule has 2 aromatic heterocycles. The molecule has 0 aliphatic carbocycles. The zero-order valence-corrected chi connectivity index (χ0v) is 19.0. The third kappa shape index (κ3) is 5.37. The van der Waals surface area contributed by atoms with Gasteiger partial charge in [-0.2, -0.15) is 0 Å². The van der Waals surface area contributed by atoms with Gasteiger partial charge in [-0.3, -0.25) is 14.6 Å². The summed E-state index contributed by atoms with van der Waals surface area (Å²) in [6.45, 7) is 3.94. The molecule has 1 atom stereocenters. The predicted octanol–water partition coefficient (Wildman–Crippen LogP) is 3.34. The Bertz CT molecular complexity index is 1120. The molecule has 1 saturated heterocycles. The fourth-order valence-corrected chi connectivity index (χ4v) is 4.16. The first-order valence-corrected chi connectivity index (χ1v) is 11.3. The summed E-state index contributed by atoms with van der Waals surface area (Å²) >= 11 is 0. The smallest absolute Gasteiger partial charge is 0.252 e. The summed E-state index contributed by atoms with van der Waals surface area (Å²) in [6.07, 6.45) is 3.66. The summed E-state index contributed by atoms with van der Waals surface area (Å²) < 4.78 is 0. The van der Waals surface area contributed by atoms with Gasteiger partial charge in [-0.1, -0.05) is 30.3 Å². The van der Waals surface area contributed by atoms with Gasteiger partial charge < -0.3 is 15.5 Å². The van der Waals surface area contributed by atoms with Crippen molar-refractivity contribution in [1.82, 2.24) is 20.6 Å². The topological polar surface area (TPSA) is 87.2 Å². The van der Waals surface area contributed by atoms with Crippen LogP contribution in [0.25, 0.3) is 11.3 Å². The number of hydrogen-bond donors (Lipinski definition) is 2. The molecule has 1 aromatic carbocycles. The van der Waals surface area contributed by atoms with Crippen LogP contribution < -0.4 is 15.5 Å². The Morgan fingerprint density at radius 2 is 1.91 bits per heavy atom. The van der Waals surface area contributed by atoms with Gasteiger partial charge in [-0.05, 0) is 49.6 Å². The van der Waals surface area contributed by atoms with E-state index in [4.69, 9.17) is 0 Å². The lowest BCUT2D eigenvalue weighted by molar-refractivity contribution is -0.125.